The summed E-state index contributed by atoms with van der Waals surface area (Å²) in [6.45, 7) is 0.551. The summed E-state index contributed by atoms with van der Waals surface area (Å²) in [6.07, 6.45) is -0.804. The van der Waals surface area contributed by atoms with Gasteiger partial charge in [0.2, 0.25) is 0 Å². The molecule has 8 nitrogen and oxygen atoms in total. The molecule has 27 heavy (non-hydrogen) atoms. The highest BCUT2D eigenvalue weighted by Gasteiger charge is 2.30. The highest BCUT2D eigenvalue weighted by molar-refractivity contribution is 8.54. The molecule has 0 aliphatic heterocycles. The number of carbonyl (C=O) groups is 1. The average molecular weight is 422 g/mol. The van der Waals surface area contributed by atoms with Crippen molar-refractivity contribution in [3.05, 3.63) is 28.8 Å². The Hall–Kier alpha value is -0.930. The molecule has 0 saturated carbocycles. The highest BCUT2D eigenvalue weighted by atomic mass is 32.7. The Bertz CT molecular complexity index is 643. The third-order valence-electron chi connectivity index (χ3n) is 3.33. The number of benzene rings is 1. The Balaban J connectivity index is 2.91. The van der Waals surface area contributed by atoms with Crippen LogP contribution in [0.2, 0.25) is 0 Å². The average Bonchev–Trinajstić information content (AvgIpc) is 2.61. The lowest BCUT2D eigenvalue weighted by molar-refractivity contribution is -0.131. The van der Waals surface area contributed by atoms with Gasteiger partial charge in [-0.15, -0.1) is 0 Å². The summed E-state index contributed by atoms with van der Waals surface area (Å²) in [5.74, 6) is 0.412. The van der Waals surface area contributed by atoms with Crippen molar-refractivity contribution in [2.75, 3.05) is 33.5 Å². The molecule has 154 valence electrons. The summed E-state index contributed by atoms with van der Waals surface area (Å²) < 4.78 is 33.7. The smallest absolute Gasteiger partial charge is 0.389 e. The summed E-state index contributed by atoms with van der Waals surface area (Å²) in [7, 11) is 1.44. The van der Waals surface area contributed by atoms with E-state index in [0.29, 0.717) is 11.5 Å². The van der Waals surface area contributed by atoms with E-state index in [1.54, 1.807) is 0 Å². The number of aliphatic hydroxyl groups excluding tert-OH is 2. The zero-order valence-corrected chi connectivity index (χ0v) is 17.7. The number of methoxy groups -OCH3 is 1. The van der Waals surface area contributed by atoms with Gasteiger partial charge in [-0.05, 0) is 41.9 Å². The van der Waals surface area contributed by atoms with Gasteiger partial charge < -0.3 is 19.7 Å². The molecule has 0 spiro atoms. The fourth-order valence-electron chi connectivity index (χ4n) is 2.32. The van der Waals surface area contributed by atoms with Gasteiger partial charge in [0.25, 0.3) is 0 Å². The fourth-order valence-corrected chi connectivity index (χ4v) is 5.70. The zero-order chi connectivity index (χ0) is 20.4. The van der Waals surface area contributed by atoms with E-state index < -0.39 is 18.9 Å². The fraction of sp³-hybridized carbons (Fsp3) is 0.588. The summed E-state index contributed by atoms with van der Waals surface area (Å²) in [5, 5.41) is 18.3. The molecule has 0 heterocycles. The number of carbonyl (C=O) groups excluding carboxylic acids is 1. The maximum Gasteiger partial charge on any atom is 0.389 e. The Labute approximate surface area is 163 Å². The predicted molar refractivity (Wildman–Crippen MR) is 103 cm³/mol. The van der Waals surface area contributed by atoms with Gasteiger partial charge in [0.15, 0.2) is 0 Å². The first-order valence-electron chi connectivity index (χ1n) is 8.31. The molecule has 0 aromatic heterocycles. The maximum absolute atomic E-state index is 12.9. The van der Waals surface area contributed by atoms with E-state index >= 15 is 0 Å². The normalized spacial score (nSPS) is 14.6. The number of ether oxygens (including phenoxy) is 2. The van der Waals surface area contributed by atoms with Gasteiger partial charge >= 0.3 is 12.8 Å². The highest BCUT2D eigenvalue weighted by Crippen LogP contribution is 2.62. The number of rotatable bonds is 12. The lowest BCUT2D eigenvalue weighted by Gasteiger charge is -2.22. The van der Waals surface area contributed by atoms with E-state index in [0.717, 1.165) is 28.1 Å². The molecule has 0 aliphatic carbocycles. The van der Waals surface area contributed by atoms with Gasteiger partial charge in [-0.25, -0.2) is 4.57 Å². The first-order valence-corrected chi connectivity index (χ1v) is 11.4. The van der Waals surface area contributed by atoms with Crippen molar-refractivity contribution < 1.29 is 38.1 Å². The van der Waals surface area contributed by atoms with Crippen LogP contribution in [-0.2, 0) is 28.9 Å². The second-order valence-corrected chi connectivity index (χ2v) is 9.82. The van der Waals surface area contributed by atoms with E-state index in [1.165, 1.54) is 14.0 Å². The van der Waals surface area contributed by atoms with Crippen molar-refractivity contribution in [3.8, 4) is 5.75 Å². The summed E-state index contributed by atoms with van der Waals surface area (Å²) >= 11 is 0.949. The van der Waals surface area contributed by atoms with Crippen LogP contribution in [0.3, 0.4) is 0 Å². The minimum Gasteiger partial charge on any atom is -0.426 e. The Morgan fingerprint density at radius 3 is 2.37 bits per heavy atom. The van der Waals surface area contributed by atoms with Crippen LogP contribution in [0, 0.1) is 13.8 Å². The van der Waals surface area contributed by atoms with Gasteiger partial charge in [-0.2, -0.15) is 0 Å². The minimum absolute atomic E-state index is 0.0544. The van der Waals surface area contributed by atoms with Crippen LogP contribution in [0.1, 0.15) is 23.6 Å². The van der Waals surface area contributed by atoms with Gasteiger partial charge in [0.05, 0.1) is 26.4 Å². The van der Waals surface area contributed by atoms with Gasteiger partial charge in [-0.1, -0.05) is 12.1 Å². The molecule has 0 radical (unpaired) electrons. The summed E-state index contributed by atoms with van der Waals surface area (Å²) in [5.41, 5.74) is 2.40. The molecular weight excluding hydrogens is 395 g/mol. The van der Waals surface area contributed by atoms with Crippen molar-refractivity contribution in [1.82, 2.24) is 0 Å². The van der Waals surface area contributed by atoms with Crippen molar-refractivity contribution >= 4 is 24.1 Å². The molecule has 0 aliphatic rings. The lowest BCUT2D eigenvalue weighted by atomic mass is 10.1. The molecule has 1 aromatic rings. The van der Waals surface area contributed by atoms with Crippen LogP contribution in [0.5, 0.6) is 5.75 Å². The first-order chi connectivity index (χ1) is 12.7. The Kier molecular flexibility index (Phi) is 10.5. The predicted octanol–water partition coefficient (Wildman–Crippen LogP) is 2.60. The van der Waals surface area contributed by atoms with E-state index in [4.69, 9.17) is 23.6 Å². The molecule has 10 heteroatoms. The second-order valence-electron chi connectivity index (χ2n) is 5.80. The molecule has 0 amide bonds. The summed E-state index contributed by atoms with van der Waals surface area (Å²) in [4.78, 5) is 11.2. The molecule has 1 aromatic carbocycles. The number of hydrogen-bond acceptors (Lipinski definition) is 9. The van der Waals surface area contributed by atoms with Crippen LogP contribution in [0.4, 0.5) is 0 Å². The first kappa shape index (κ1) is 24.1. The zero-order valence-electron chi connectivity index (χ0n) is 16.0. The largest absolute Gasteiger partial charge is 0.426 e. The number of aryl methyl sites for hydroxylation is 2. The SMILES string of the molecule is COCC(CO)OP(=O)(OCCO)SCc1cc(C)c(OC(C)=O)c(C)c1. The third-order valence-corrected chi connectivity index (χ3v) is 7.07. The Morgan fingerprint density at radius 2 is 1.89 bits per heavy atom. The molecule has 2 N–H and O–H groups in total. The molecule has 2 unspecified atom stereocenters. The maximum atomic E-state index is 12.9. The van der Waals surface area contributed by atoms with Crippen molar-refractivity contribution in [1.29, 1.82) is 0 Å². The molecule has 0 bridgehead atoms. The topological polar surface area (TPSA) is 112 Å². The van der Waals surface area contributed by atoms with Crippen molar-refractivity contribution in [2.24, 2.45) is 0 Å². The van der Waals surface area contributed by atoms with Crippen LogP contribution >= 0.6 is 18.2 Å². The quantitative estimate of drug-likeness (QED) is 0.298. The van der Waals surface area contributed by atoms with Gasteiger partial charge in [0.1, 0.15) is 11.9 Å². The molecular formula is C17H27O8PS. The summed E-state index contributed by atoms with van der Waals surface area (Å²) in [6, 6.07) is 3.65. The van der Waals surface area contributed by atoms with E-state index in [-0.39, 0.29) is 26.4 Å². The van der Waals surface area contributed by atoms with E-state index in [9.17, 15) is 14.5 Å². The van der Waals surface area contributed by atoms with Crippen LogP contribution in [0.15, 0.2) is 12.1 Å². The van der Waals surface area contributed by atoms with Crippen molar-refractivity contribution in [2.45, 2.75) is 32.6 Å². The monoisotopic (exact) mass is 422 g/mol. The van der Waals surface area contributed by atoms with E-state index in [1.807, 2.05) is 26.0 Å². The molecule has 2 atom stereocenters. The van der Waals surface area contributed by atoms with Crippen LogP contribution < -0.4 is 4.74 Å². The third kappa shape index (κ3) is 8.31. The second kappa shape index (κ2) is 11.8. The minimum atomic E-state index is -3.64. The van der Waals surface area contributed by atoms with Gasteiger partial charge in [-0.3, -0.25) is 13.8 Å². The van der Waals surface area contributed by atoms with Gasteiger partial charge in [0, 0.05) is 19.8 Å². The standard InChI is InChI=1S/C17H27O8PS/c1-12-7-15(8-13(2)17(12)24-14(3)20)11-27-26(21,23-6-5-18)25-16(9-19)10-22-4/h7-8,16,18-19H,5-6,9-11H2,1-4H3. The molecule has 1 rings (SSSR count). The van der Waals surface area contributed by atoms with Crippen LogP contribution in [0.25, 0.3) is 0 Å². The number of esters is 1. The van der Waals surface area contributed by atoms with Crippen molar-refractivity contribution in [3.63, 3.8) is 0 Å². The Morgan fingerprint density at radius 1 is 1.26 bits per heavy atom. The number of aliphatic hydroxyl groups is 2. The van der Waals surface area contributed by atoms with E-state index in [2.05, 4.69) is 0 Å². The van der Waals surface area contributed by atoms with Crippen LogP contribution in [-0.4, -0.2) is 55.8 Å². The number of hydrogen-bond donors (Lipinski definition) is 2. The lowest BCUT2D eigenvalue weighted by Crippen LogP contribution is -2.22. The molecule has 0 saturated heterocycles. The molecule has 0 fully saturated rings.